The van der Waals surface area contributed by atoms with E-state index in [1.54, 1.807) is 36.4 Å². The van der Waals surface area contributed by atoms with Crippen molar-refractivity contribution in [3.05, 3.63) is 48.2 Å². The number of alkyl halides is 3. The predicted octanol–water partition coefficient (Wildman–Crippen LogP) is 2.09. The maximum Gasteiger partial charge on any atom is 0.389 e. The predicted molar refractivity (Wildman–Crippen MR) is 113 cm³/mol. The van der Waals surface area contributed by atoms with Gasteiger partial charge < -0.3 is 15.7 Å². The number of rotatable bonds is 7. The Labute approximate surface area is 187 Å². The Bertz CT molecular complexity index is 1040. The average molecular weight is 464 g/mol. The highest BCUT2D eigenvalue weighted by Crippen LogP contribution is 2.38. The molecule has 3 amide bonds. The number of carbonyl (C=O) groups excluding carboxylic acids is 3. The van der Waals surface area contributed by atoms with Crippen molar-refractivity contribution in [2.45, 2.75) is 38.0 Å². The van der Waals surface area contributed by atoms with Gasteiger partial charge >= 0.3 is 6.18 Å². The molecule has 0 saturated carbocycles. The van der Waals surface area contributed by atoms with E-state index >= 15 is 0 Å². The average Bonchev–Trinajstić information content (AvgIpc) is 2.87. The molecule has 0 saturated heterocycles. The fourth-order valence-electron chi connectivity index (χ4n) is 3.57. The fraction of sp³-hybridized carbons (Fsp3) is 0.364. The number of pyridine rings is 1. The summed E-state index contributed by atoms with van der Waals surface area (Å²) in [5.41, 5.74) is 1.78. The van der Waals surface area contributed by atoms with Gasteiger partial charge in [-0.15, -0.1) is 0 Å². The first-order valence-corrected chi connectivity index (χ1v) is 10.3. The number of β-amino-alcohol motifs (C(OH)–C–C–N with tert-alkyl or cyclic N) is 1. The molecule has 1 aromatic heterocycles. The van der Waals surface area contributed by atoms with Crippen molar-refractivity contribution in [2.75, 3.05) is 18.1 Å². The second-order valence-electron chi connectivity index (χ2n) is 7.52. The summed E-state index contributed by atoms with van der Waals surface area (Å²) in [7, 11) is 0. The third-order valence-electron chi connectivity index (χ3n) is 5.13. The zero-order valence-electron chi connectivity index (χ0n) is 17.7. The number of aliphatic hydroxyl groups excluding tert-OH is 1. The molecule has 8 nitrogen and oxygen atoms in total. The summed E-state index contributed by atoms with van der Waals surface area (Å²) in [5, 5.41) is 14.3. The van der Waals surface area contributed by atoms with E-state index in [0.717, 1.165) is 0 Å². The van der Waals surface area contributed by atoms with Gasteiger partial charge in [0, 0.05) is 18.2 Å². The van der Waals surface area contributed by atoms with Gasteiger partial charge in [-0.25, -0.2) is 4.98 Å². The van der Waals surface area contributed by atoms with E-state index in [2.05, 4.69) is 15.6 Å². The van der Waals surface area contributed by atoms with Gasteiger partial charge in [-0.1, -0.05) is 24.3 Å². The molecule has 2 atom stereocenters. The van der Waals surface area contributed by atoms with Crippen LogP contribution in [0.3, 0.4) is 0 Å². The van der Waals surface area contributed by atoms with Gasteiger partial charge in [-0.3, -0.25) is 19.3 Å². The van der Waals surface area contributed by atoms with Crippen LogP contribution in [-0.4, -0.2) is 53.2 Å². The number of aromatic nitrogens is 1. The Kier molecular flexibility index (Phi) is 7.32. The smallest absolute Gasteiger partial charge is 0.389 e. The highest BCUT2D eigenvalue weighted by molar-refractivity contribution is 6.05. The maximum absolute atomic E-state index is 13.4. The van der Waals surface area contributed by atoms with E-state index in [1.165, 1.54) is 18.0 Å². The van der Waals surface area contributed by atoms with Crippen molar-refractivity contribution in [3.8, 4) is 11.1 Å². The van der Waals surface area contributed by atoms with Gasteiger partial charge in [0.25, 0.3) is 5.91 Å². The lowest BCUT2D eigenvalue weighted by Gasteiger charge is -2.26. The molecule has 0 bridgehead atoms. The second kappa shape index (κ2) is 9.99. The van der Waals surface area contributed by atoms with E-state index < -0.39 is 48.8 Å². The largest absolute Gasteiger partial charge is 0.395 e. The first kappa shape index (κ1) is 24.2. The van der Waals surface area contributed by atoms with Crippen LogP contribution in [0.4, 0.5) is 19.0 Å². The summed E-state index contributed by atoms with van der Waals surface area (Å²) in [6.07, 6.45) is -5.09. The van der Waals surface area contributed by atoms with E-state index in [0.29, 0.717) is 22.5 Å². The highest BCUT2D eigenvalue weighted by Gasteiger charge is 2.36. The van der Waals surface area contributed by atoms with Crippen LogP contribution >= 0.6 is 0 Å². The molecular weight excluding hydrogens is 441 g/mol. The molecule has 2 aromatic rings. The first-order chi connectivity index (χ1) is 15.6. The third-order valence-corrected chi connectivity index (χ3v) is 5.13. The zero-order valence-corrected chi connectivity index (χ0v) is 17.7. The van der Waals surface area contributed by atoms with Crippen molar-refractivity contribution in [1.82, 2.24) is 15.6 Å². The Morgan fingerprint density at radius 3 is 2.58 bits per heavy atom. The highest BCUT2D eigenvalue weighted by atomic mass is 19.4. The number of amides is 3. The number of hydrogen-bond acceptors (Lipinski definition) is 5. The molecule has 0 spiro atoms. The van der Waals surface area contributed by atoms with E-state index in [1.807, 2.05) is 0 Å². The molecule has 0 radical (unpaired) electrons. The minimum atomic E-state index is -4.49. The Balaban J connectivity index is 1.85. The second-order valence-corrected chi connectivity index (χ2v) is 7.52. The first-order valence-electron chi connectivity index (χ1n) is 10.3. The summed E-state index contributed by atoms with van der Waals surface area (Å²) in [4.78, 5) is 43.5. The van der Waals surface area contributed by atoms with Crippen molar-refractivity contribution in [2.24, 2.45) is 0 Å². The molecule has 0 fully saturated rings. The lowest BCUT2D eigenvalue weighted by molar-refractivity contribution is -0.144. The van der Waals surface area contributed by atoms with Crippen molar-refractivity contribution >= 4 is 23.5 Å². The van der Waals surface area contributed by atoms with Gasteiger partial charge in [0.15, 0.2) is 0 Å². The summed E-state index contributed by atoms with van der Waals surface area (Å²) >= 11 is 0. The molecule has 1 aromatic carbocycles. The van der Waals surface area contributed by atoms with Crippen LogP contribution in [0.25, 0.3) is 11.1 Å². The van der Waals surface area contributed by atoms with Crippen molar-refractivity contribution in [3.63, 3.8) is 0 Å². The molecule has 0 aliphatic carbocycles. The minimum Gasteiger partial charge on any atom is -0.395 e. The van der Waals surface area contributed by atoms with Gasteiger partial charge in [0.1, 0.15) is 17.9 Å². The Hall–Kier alpha value is -3.47. The minimum absolute atomic E-state index is 0.0626. The molecule has 1 aliphatic heterocycles. The van der Waals surface area contributed by atoms with Crippen LogP contribution in [-0.2, 0) is 14.4 Å². The molecule has 2 heterocycles. The fourth-order valence-corrected chi connectivity index (χ4v) is 3.57. The molecule has 33 heavy (non-hydrogen) atoms. The van der Waals surface area contributed by atoms with Crippen LogP contribution in [0.15, 0.2) is 42.6 Å². The van der Waals surface area contributed by atoms with Crippen LogP contribution < -0.4 is 15.5 Å². The molecule has 3 rings (SSSR count). The maximum atomic E-state index is 13.4. The number of halogens is 3. The molecule has 1 aliphatic rings. The summed E-state index contributed by atoms with van der Waals surface area (Å²) in [5.74, 6) is -1.89. The van der Waals surface area contributed by atoms with Crippen LogP contribution in [0.5, 0.6) is 0 Å². The van der Waals surface area contributed by atoms with Crippen molar-refractivity contribution < 1.29 is 32.7 Å². The third kappa shape index (κ3) is 5.67. The number of benzene rings is 1. The molecule has 0 unspecified atom stereocenters. The van der Waals surface area contributed by atoms with Gasteiger partial charge in [-0.05, 0) is 30.2 Å². The van der Waals surface area contributed by atoms with E-state index in [4.69, 9.17) is 0 Å². The molecular formula is C22H23F3N4O4. The molecule has 3 N–H and O–H groups in total. The standard InChI is InChI=1S/C22H23F3N4O4/c1-13(27-17(31)8-9-22(23,24)25)20(32)28-18-15-6-3-2-5-14(15)16-7-4-10-26-19(16)29(11-12-30)21(18)33/h2-7,10,13,18,30H,8-9,11-12H2,1H3,(H,27,31)(H,28,32)/t13-,18+/m0/s1. The van der Waals surface area contributed by atoms with Crippen LogP contribution in [0.2, 0.25) is 0 Å². The number of nitrogens with zero attached hydrogens (tertiary/aromatic N) is 2. The lowest BCUT2D eigenvalue weighted by Crippen LogP contribution is -2.50. The van der Waals surface area contributed by atoms with Gasteiger partial charge in [0.05, 0.1) is 19.6 Å². The SMILES string of the molecule is C[C@H](NC(=O)CCC(F)(F)F)C(=O)N[C@H]1C(=O)N(CCO)c2ncccc2-c2ccccc21. The van der Waals surface area contributed by atoms with Crippen LogP contribution in [0.1, 0.15) is 31.4 Å². The Morgan fingerprint density at radius 2 is 1.88 bits per heavy atom. The number of anilines is 1. The quantitative estimate of drug-likeness (QED) is 0.581. The van der Waals surface area contributed by atoms with Crippen LogP contribution in [0, 0.1) is 0 Å². The number of hydrogen-bond donors (Lipinski definition) is 3. The topological polar surface area (TPSA) is 112 Å². The Morgan fingerprint density at radius 1 is 1.18 bits per heavy atom. The summed E-state index contributed by atoms with van der Waals surface area (Å²) in [6, 6.07) is 8.04. The van der Waals surface area contributed by atoms with E-state index in [9.17, 15) is 32.7 Å². The number of aliphatic hydroxyl groups is 1. The summed E-state index contributed by atoms with van der Waals surface area (Å²) < 4.78 is 37.0. The van der Waals surface area contributed by atoms with E-state index in [-0.39, 0.29) is 13.2 Å². The molecule has 11 heteroatoms. The van der Waals surface area contributed by atoms with Gasteiger partial charge in [-0.2, -0.15) is 13.2 Å². The number of carbonyl (C=O) groups is 3. The molecule has 176 valence electrons. The van der Waals surface area contributed by atoms with Gasteiger partial charge in [0.2, 0.25) is 11.8 Å². The number of fused-ring (bicyclic) bond motifs is 3. The van der Waals surface area contributed by atoms with Crippen molar-refractivity contribution in [1.29, 1.82) is 0 Å². The normalized spacial score (nSPS) is 16.3. The zero-order chi connectivity index (χ0) is 24.2. The summed E-state index contributed by atoms with van der Waals surface area (Å²) in [6.45, 7) is 0.910. The monoisotopic (exact) mass is 464 g/mol. The lowest BCUT2D eigenvalue weighted by atomic mass is 9.96. The number of nitrogens with one attached hydrogen (secondary N) is 2.